The number of carbonyl (C=O) groups is 1. The summed E-state index contributed by atoms with van der Waals surface area (Å²) in [5, 5.41) is 3.13. The maximum atomic E-state index is 12.5. The number of nitrogens with one attached hydrogen (secondary N) is 1. The molecule has 1 N–H and O–H groups in total. The first-order valence-electron chi connectivity index (χ1n) is 5.84. The molecular formula is C13H17NO4. The molecule has 2 rings (SSSR count). The molecule has 0 spiro atoms. The van der Waals surface area contributed by atoms with Crippen molar-refractivity contribution < 1.29 is 19.0 Å². The lowest BCUT2D eigenvalue weighted by atomic mass is 10.0. The van der Waals surface area contributed by atoms with E-state index >= 15 is 0 Å². The van der Waals surface area contributed by atoms with Crippen LogP contribution in [0.4, 0.5) is 0 Å². The van der Waals surface area contributed by atoms with Crippen LogP contribution in [-0.2, 0) is 4.74 Å². The average molecular weight is 251 g/mol. The lowest BCUT2D eigenvalue weighted by Gasteiger charge is -2.24. The van der Waals surface area contributed by atoms with Gasteiger partial charge in [-0.1, -0.05) is 6.07 Å². The Bertz CT molecular complexity index is 405. The summed E-state index contributed by atoms with van der Waals surface area (Å²) < 4.78 is 15.8. The van der Waals surface area contributed by atoms with Gasteiger partial charge >= 0.3 is 0 Å². The molecule has 5 nitrogen and oxygen atoms in total. The summed E-state index contributed by atoms with van der Waals surface area (Å²) in [5.41, 5.74) is 0.463. The molecule has 0 saturated carbocycles. The van der Waals surface area contributed by atoms with E-state index in [4.69, 9.17) is 14.2 Å². The van der Waals surface area contributed by atoms with Crippen LogP contribution in [-0.4, -0.2) is 45.8 Å². The molecule has 1 saturated heterocycles. The Hall–Kier alpha value is -1.59. The van der Waals surface area contributed by atoms with Gasteiger partial charge in [0.2, 0.25) is 0 Å². The van der Waals surface area contributed by atoms with Gasteiger partial charge in [-0.05, 0) is 12.1 Å². The Morgan fingerprint density at radius 2 is 2.00 bits per heavy atom. The molecule has 0 radical (unpaired) electrons. The van der Waals surface area contributed by atoms with E-state index in [1.54, 1.807) is 18.2 Å². The zero-order chi connectivity index (χ0) is 13.0. The van der Waals surface area contributed by atoms with Gasteiger partial charge in [0.15, 0.2) is 5.78 Å². The number of ketones is 1. The highest BCUT2D eigenvalue weighted by Crippen LogP contribution is 2.29. The molecular weight excluding hydrogens is 234 g/mol. The number of carbonyl (C=O) groups excluding carboxylic acids is 1. The van der Waals surface area contributed by atoms with E-state index in [1.165, 1.54) is 14.2 Å². The van der Waals surface area contributed by atoms with E-state index in [-0.39, 0.29) is 11.8 Å². The van der Waals surface area contributed by atoms with Gasteiger partial charge in [-0.3, -0.25) is 4.79 Å². The second-order valence-corrected chi connectivity index (χ2v) is 3.98. The van der Waals surface area contributed by atoms with Gasteiger partial charge in [0.25, 0.3) is 0 Å². The lowest BCUT2D eigenvalue weighted by molar-refractivity contribution is 0.0603. The fourth-order valence-electron chi connectivity index (χ4n) is 2.00. The van der Waals surface area contributed by atoms with E-state index in [0.29, 0.717) is 36.8 Å². The van der Waals surface area contributed by atoms with Crippen LogP contribution in [0.5, 0.6) is 11.5 Å². The second kappa shape index (κ2) is 5.84. The zero-order valence-electron chi connectivity index (χ0n) is 10.6. The minimum atomic E-state index is -0.344. The van der Waals surface area contributed by atoms with Crippen LogP contribution in [0.3, 0.4) is 0 Å². The summed E-state index contributed by atoms with van der Waals surface area (Å²) in [6.45, 7) is 1.68. The molecule has 0 bridgehead atoms. The normalized spacial score (nSPS) is 19.3. The molecule has 98 valence electrons. The summed E-state index contributed by atoms with van der Waals surface area (Å²) in [6.07, 6.45) is 0. The molecule has 1 aromatic carbocycles. The second-order valence-electron chi connectivity index (χ2n) is 3.98. The smallest absolute Gasteiger partial charge is 0.189 e. The minimum absolute atomic E-state index is 0.0657. The van der Waals surface area contributed by atoms with Gasteiger partial charge in [-0.2, -0.15) is 0 Å². The molecule has 1 heterocycles. The first kappa shape index (κ1) is 12.9. The Labute approximate surface area is 106 Å². The van der Waals surface area contributed by atoms with Gasteiger partial charge in [0, 0.05) is 6.54 Å². The summed E-state index contributed by atoms with van der Waals surface area (Å²) >= 11 is 0. The number of benzene rings is 1. The molecule has 18 heavy (non-hydrogen) atoms. The van der Waals surface area contributed by atoms with Crippen molar-refractivity contribution in [2.24, 2.45) is 0 Å². The van der Waals surface area contributed by atoms with Crippen LogP contribution >= 0.6 is 0 Å². The van der Waals surface area contributed by atoms with Crippen LogP contribution in [0.15, 0.2) is 18.2 Å². The lowest BCUT2D eigenvalue weighted by Crippen LogP contribution is -2.46. The molecule has 1 aliphatic heterocycles. The first-order chi connectivity index (χ1) is 8.77. The Morgan fingerprint density at radius 1 is 1.33 bits per heavy atom. The highest BCUT2D eigenvalue weighted by Gasteiger charge is 2.27. The monoisotopic (exact) mass is 251 g/mol. The number of ether oxygens (including phenoxy) is 3. The van der Waals surface area contributed by atoms with Crippen molar-refractivity contribution in [1.82, 2.24) is 5.32 Å². The fourth-order valence-corrected chi connectivity index (χ4v) is 2.00. The quantitative estimate of drug-likeness (QED) is 0.805. The van der Waals surface area contributed by atoms with E-state index in [2.05, 4.69) is 5.32 Å². The molecule has 1 fully saturated rings. The first-order valence-corrected chi connectivity index (χ1v) is 5.84. The number of methoxy groups -OCH3 is 2. The largest absolute Gasteiger partial charge is 0.496 e. The molecule has 0 aromatic heterocycles. The molecule has 1 aromatic rings. The topological polar surface area (TPSA) is 56.8 Å². The van der Waals surface area contributed by atoms with Crippen molar-refractivity contribution in [3.63, 3.8) is 0 Å². The van der Waals surface area contributed by atoms with Crippen LogP contribution in [0.1, 0.15) is 10.4 Å². The van der Waals surface area contributed by atoms with Gasteiger partial charge in [-0.25, -0.2) is 0 Å². The standard InChI is InChI=1S/C13H17NO4/c1-16-10-4-3-5-11(17-2)12(10)13(15)9-8-18-7-6-14-9/h3-5,9,14H,6-8H2,1-2H3. The van der Waals surface area contributed by atoms with Crippen LogP contribution in [0.2, 0.25) is 0 Å². The van der Waals surface area contributed by atoms with Crippen molar-refractivity contribution >= 4 is 5.78 Å². The summed E-state index contributed by atoms with van der Waals surface area (Å²) in [5.74, 6) is 0.974. The molecule has 1 aliphatic rings. The maximum Gasteiger partial charge on any atom is 0.189 e. The maximum absolute atomic E-state index is 12.5. The van der Waals surface area contributed by atoms with Gasteiger partial charge in [-0.15, -0.1) is 0 Å². The summed E-state index contributed by atoms with van der Waals surface area (Å²) in [7, 11) is 3.08. The van der Waals surface area contributed by atoms with Crippen LogP contribution in [0, 0.1) is 0 Å². The highest BCUT2D eigenvalue weighted by atomic mass is 16.5. The summed E-state index contributed by atoms with van der Waals surface area (Å²) in [6, 6.07) is 4.95. The third kappa shape index (κ3) is 2.47. The molecule has 0 amide bonds. The van der Waals surface area contributed by atoms with Gasteiger partial charge in [0.1, 0.15) is 17.1 Å². The van der Waals surface area contributed by atoms with E-state index in [9.17, 15) is 4.79 Å². The molecule has 1 unspecified atom stereocenters. The number of morpholine rings is 1. The predicted octanol–water partition coefficient (Wildman–Crippen LogP) is 0.875. The average Bonchev–Trinajstić information content (AvgIpc) is 2.46. The van der Waals surface area contributed by atoms with Crippen molar-refractivity contribution in [2.45, 2.75) is 6.04 Å². The highest BCUT2D eigenvalue weighted by molar-refractivity contribution is 6.05. The zero-order valence-corrected chi connectivity index (χ0v) is 10.6. The third-order valence-electron chi connectivity index (χ3n) is 2.91. The van der Waals surface area contributed by atoms with E-state index in [0.717, 1.165) is 0 Å². The number of hydrogen-bond acceptors (Lipinski definition) is 5. The Morgan fingerprint density at radius 3 is 2.50 bits per heavy atom. The van der Waals surface area contributed by atoms with Crippen molar-refractivity contribution in [1.29, 1.82) is 0 Å². The van der Waals surface area contributed by atoms with Crippen LogP contribution in [0.25, 0.3) is 0 Å². The Balaban J connectivity index is 2.32. The van der Waals surface area contributed by atoms with Crippen LogP contribution < -0.4 is 14.8 Å². The van der Waals surface area contributed by atoms with E-state index in [1.807, 2.05) is 0 Å². The van der Waals surface area contributed by atoms with Gasteiger partial charge < -0.3 is 19.5 Å². The molecule has 5 heteroatoms. The number of Topliss-reactive ketones (excluding diaryl/α,β-unsaturated/α-hetero) is 1. The van der Waals surface area contributed by atoms with E-state index < -0.39 is 0 Å². The van der Waals surface area contributed by atoms with Gasteiger partial charge in [0.05, 0.1) is 33.5 Å². The minimum Gasteiger partial charge on any atom is -0.496 e. The summed E-state index contributed by atoms with van der Waals surface area (Å²) in [4.78, 5) is 12.5. The Kier molecular flexibility index (Phi) is 4.17. The predicted molar refractivity (Wildman–Crippen MR) is 66.5 cm³/mol. The van der Waals surface area contributed by atoms with Crippen molar-refractivity contribution in [3.05, 3.63) is 23.8 Å². The number of rotatable bonds is 4. The third-order valence-corrected chi connectivity index (χ3v) is 2.91. The SMILES string of the molecule is COc1cccc(OC)c1C(=O)C1COCCN1. The number of hydrogen-bond donors (Lipinski definition) is 1. The molecule has 0 aliphatic carbocycles. The van der Waals surface area contributed by atoms with Crippen molar-refractivity contribution in [2.75, 3.05) is 34.0 Å². The fraction of sp³-hybridized carbons (Fsp3) is 0.462. The molecule has 1 atom stereocenters. The van der Waals surface area contributed by atoms with Crippen molar-refractivity contribution in [3.8, 4) is 11.5 Å².